The second kappa shape index (κ2) is 7.87. The molecular formula is C23H26N4O2. The molecule has 2 aliphatic rings. The predicted molar refractivity (Wildman–Crippen MR) is 116 cm³/mol. The lowest BCUT2D eigenvalue weighted by atomic mass is 10.1. The number of nitrogens with zero attached hydrogens (tertiary/aromatic N) is 4. The number of likely N-dealkylation sites (tertiary alicyclic amines) is 1. The molecule has 6 nitrogen and oxygen atoms in total. The van der Waals surface area contributed by atoms with E-state index in [1.165, 1.54) is 12.8 Å². The number of aromatic nitrogens is 1. The summed E-state index contributed by atoms with van der Waals surface area (Å²) in [5.41, 5.74) is 2.34. The maximum Gasteiger partial charge on any atom is 0.342 e. The number of pyridine rings is 1. The summed E-state index contributed by atoms with van der Waals surface area (Å²) < 4.78 is 5.70. The number of hydrogen-bond acceptors (Lipinski definition) is 6. The second-order valence-electron chi connectivity index (χ2n) is 7.86. The molecule has 4 heterocycles. The lowest BCUT2D eigenvalue weighted by molar-refractivity contribution is 0.325. The number of anilines is 2. The van der Waals surface area contributed by atoms with Gasteiger partial charge in [-0.15, -0.1) is 0 Å². The zero-order valence-electron chi connectivity index (χ0n) is 16.6. The van der Waals surface area contributed by atoms with E-state index in [0.717, 1.165) is 61.7 Å². The van der Waals surface area contributed by atoms with Crippen LogP contribution < -0.4 is 15.4 Å². The fourth-order valence-corrected chi connectivity index (χ4v) is 4.54. The van der Waals surface area contributed by atoms with Gasteiger partial charge in [-0.2, -0.15) is 0 Å². The molecule has 6 heteroatoms. The highest BCUT2D eigenvalue weighted by Crippen LogP contribution is 2.31. The van der Waals surface area contributed by atoms with Crippen molar-refractivity contribution < 1.29 is 4.42 Å². The van der Waals surface area contributed by atoms with Gasteiger partial charge in [0.15, 0.2) is 0 Å². The Morgan fingerprint density at radius 1 is 0.862 bits per heavy atom. The molecule has 0 amide bonds. The van der Waals surface area contributed by atoms with Crippen LogP contribution in [0.15, 0.2) is 57.9 Å². The van der Waals surface area contributed by atoms with Crippen molar-refractivity contribution in [1.29, 1.82) is 0 Å². The summed E-state index contributed by atoms with van der Waals surface area (Å²) >= 11 is 0. The third-order valence-electron chi connectivity index (χ3n) is 6.03. The van der Waals surface area contributed by atoms with E-state index in [0.29, 0.717) is 12.1 Å². The predicted octanol–water partition coefficient (Wildman–Crippen LogP) is 3.11. The van der Waals surface area contributed by atoms with Crippen LogP contribution in [0.4, 0.5) is 11.5 Å². The number of benzene rings is 1. The molecule has 3 aromatic rings. The van der Waals surface area contributed by atoms with Crippen molar-refractivity contribution in [1.82, 2.24) is 9.88 Å². The van der Waals surface area contributed by atoms with E-state index in [2.05, 4.69) is 31.8 Å². The number of fused-ring (bicyclic) bond motifs is 1. The van der Waals surface area contributed by atoms with Crippen LogP contribution in [-0.4, -0.2) is 49.2 Å². The SMILES string of the molecule is O=c1oc2ccccc2c(N2CCN(c3ccccn3)CC2)c1CN1CCCC1. The highest BCUT2D eigenvalue weighted by Gasteiger charge is 2.26. The quantitative estimate of drug-likeness (QED) is 0.638. The maximum atomic E-state index is 12.9. The smallest absolute Gasteiger partial charge is 0.342 e. The third-order valence-corrected chi connectivity index (χ3v) is 6.03. The van der Waals surface area contributed by atoms with Crippen LogP contribution >= 0.6 is 0 Å². The van der Waals surface area contributed by atoms with Crippen LogP contribution in [0, 0.1) is 0 Å². The van der Waals surface area contributed by atoms with Crippen LogP contribution in [-0.2, 0) is 6.54 Å². The van der Waals surface area contributed by atoms with Gasteiger partial charge in [-0.1, -0.05) is 18.2 Å². The fraction of sp³-hybridized carbons (Fsp3) is 0.391. The van der Waals surface area contributed by atoms with Crippen molar-refractivity contribution in [2.45, 2.75) is 19.4 Å². The first-order valence-electron chi connectivity index (χ1n) is 10.5. The normalized spacial score (nSPS) is 17.9. The van der Waals surface area contributed by atoms with E-state index < -0.39 is 0 Å². The molecule has 2 fully saturated rings. The van der Waals surface area contributed by atoms with Gasteiger partial charge in [-0.3, -0.25) is 4.90 Å². The Hall–Kier alpha value is -2.86. The minimum Gasteiger partial charge on any atom is -0.422 e. The summed E-state index contributed by atoms with van der Waals surface area (Å²) in [6, 6.07) is 13.9. The largest absolute Gasteiger partial charge is 0.422 e. The molecule has 2 aromatic heterocycles. The highest BCUT2D eigenvalue weighted by molar-refractivity contribution is 5.92. The molecule has 0 saturated carbocycles. The van der Waals surface area contributed by atoms with E-state index in [9.17, 15) is 4.79 Å². The Bertz CT molecular complexity index is 1040. The van der Waals surface area contributed by atoms with Gasteiger partial charge in [-0.25, -0.2) is 9.78 Å². The van der Waals surface area contributed by atoms with Crippen molar-refractivity contribution in [3.8, 4) is 0 Å². The molecule has 5 rings (SSSR count). The lowest BCUT2D eigenvalue weighted by Gasteiger charge is -2.38. The van der Waals surface area contributed by atoms with Crippen molar-refractivity contribution in [3.63, 3.8) is 0 Å². The Morgan fingerprint density at radius 3 is 2.34 bits per heavy atom. The minimum atomic E-state index is -0.197. The number of piperazine rings is 1. The fourth-order valence-electron chi connectivity index (χ4n) is 4.54. The Morgan fingerprint density at radius 2 is 1.59 bits per heavy atom. The van der Waals surface area contributed by atoms with Crippen LogP contribution in [0.1, 0.15) is 18.4 Å². The van der Waals surface area contributed by atoms with Crippen LogP contribution in [0.25, 0.3) is 11.0 Å². The molecule has 0 bridgehead atoms. The first kappa shape index (κ1) is 18.2. The van der Waals surface area contributed by atoms with Crippen molar-refractivity contribution in [2.24, 2.45) is 0 Å². The Labute approximate surface area is 170 Å². The summed E-state index contributed by atoms with van der Waals surface area (Å²) in [6.45, 7) is 6.26. The summed E-state index contributed by atoms with van der Waals surface area (Å²) in [7, 11) is 0. The maximum absolute atomic E-state index is 12.9. The van der Waals surface area contributed by atoms with Gasteiger partial charge in [0.2, 0.25) is 0 Å². The molecule has 29 heavy (non-hydrogen) atoms. The van der Waals surface area contributed by atoms with Gasteiger partial charge < -0.3 is 14.2 Å². The minimum absolute atomic E-state index is 0.197. The molecule has 150 valence electrons. The molecular weight excluding hydrogens is 364 g/mol. The first-order valence-corrected chi connectivity index (χ1v) is 10.5. The van der Waals surface area contributed by atoms with Crippen LogP contribution in [0.3, 0.4) is 0 Å². The summed E-state index contributed by atoms with van der Waals surface area (Å²) in [5, 5.41) is 1.03. The molecule has 2 aliphatic heterocycles. The third kappa shape index (κ3) is 3.60. The molecule has 0 aliphatic carbocycles. The average Bonchev–Trinajstić information content (AvgIpc) is 3.28. The van der Waals surface area contributed by atoms with Crippen molar-refractivity contribution >= 4 is 22.5 Å². The van der Waals surface area contributed by atoms with E-state index in [1.807, 2.05) is 36.5 Å². The molecule has 0 N–H and O–H groups in total. The number of rotatable bonds is 4. The standard InChI is InChI=1S/C23H26N4O2/c28-23-19(17-25-11-5-6-12-25)22(18-7-1-2-8-20(18)29-23)27-15-13-26(14-16-27)21-9-3-4-10-24-21/h1-4,7-10H,5-6,11-17H2. The van der Waals surface area contributed by atoms with Gasteiger partial charge in [0.05, 0.1) is 11.3 Å². The van der Waals surface area contributed by atoms with E-state index in [-0.39, 0.29) is 5.63 Å². The van der Waals surface area contributed by atoms with E-state index in [4.69, 9.17) is 4.42 Å². The number of hydrogen-bond donors (Lipinski definition) is 0. The van der Waals surface area contributed by atoms with Gasteiger partial charge in [0.1, 0.15) is 11.4 Å². The van der Waals surface area contributed by atoms with Crippen molar-refractivity contribution in [2.75, 3.05) is 49.1 Å². The van der Waals surface area contributed by atoms with E-state index in [1.54, 1.807) is 0 Å². The zero-order valence-corrected chi connectivity index (χ0v) is 16.6. The van der Waals surface area contributed by atoms with Crippen LogP contribution in [0.2, 0.25) is 0 Å². The first-order chi connectivity index (χ1) is 14.3. The highest BCUT2D eigenvalue weighted by atomic mass is 16.4. The Balaban J connectivity index is 1.49. The summed E-state index contributed by atoms with van der Waals surface area (Å²) in [4.78, 5) is 24.5. The van der Waals surface area contributed by atoms with Gasteiger partial charge in [-0.05, 0) is 50.2 Å². The molecule has 0 atom stereocenters. The van der Waals surface area contributed by atoms with E-state index >= 15 is 0 Å². The molecule has 0 spiro atoms. The molecule has 1 aromatic carbocycles. The monoisotopic (exact) mass is 390 g/mol. The summed E-state index contributed by atoms with van der Waals surface area (Å²) in [6.07, 6.45) is 4.25. The van der Waals surface area contributed by atoms with Crippen molar-refractivity contribution in [3.05, 3.63) is 64.6 Å². The number of para-hydroxylation sites is 1. The zero-order chi connectivity index (χ0) is 19.6. The summed E-state index contributed by atoms with van der Waals surface area (Å²) in [5.74, 6) is 1.02. The van der Waals surface area contributed by atoms with Crippen LogP contribution in [0.5, 0.6) is 0 Å². The van der Waals surface area contributed by atoms with Gasteiger partial charge in [0, 0.05) is 44.3 Å². The molecule has 2 saturated heterocycles. The Kier molecular flexibility index (Phi) is 4.94. The van der Waals surface area contributed by atoms with Gasteiger partial charge in [0.25, 0.3) is 0 Å². The topological polar surface area (TPSA) is 52.8 Å². The second-order valence-corrected chi connectivity index (χ2v) is 7.86. The van der Waals surface area contributed by atoms with Gasteiger partial charge >= 0.3 is 5.63 Å². The average molecular weight is 390 g/mol. The lowest BCUT2D eigenvalue weighted by Crippen LogP contribution is -2.47. The molecule has 0 radical (unpaired) electrons. The molecule has 0 unspecified atom stereocenters.